The highest BCUT2D eigenvalue weighted by atomic mass is 19.1. The number of pyridine rings is 1. The summed E-state index contributed by atoms with van der Waals surface area (Å²) in [5.41, 5.74) is 1.91. The van der Waals surface area contributed by atoms with E-state index in [1.54, 1.807) is 13.0 Å². The molecule has 2 aliphatic heterocycles. The van der Waals surface area contributed by atoms with E-state index in [4.69, 9.17) is 19.0 Å². The van der Waals surface area contributed by atoms with Gasteiger partial charge in [-0.15, -0.1) is 0 Å². The van der Waals surface area contributed by atoms with Crippen molar-refractivity contribution in [3.05, 3.63) is 29.3 Å². The number of hydrogen-bond acceptors (Lipinski definition) is 8. The second kappa shape index (κ2) is 8.87. The van der Waals surface area contributed by atoms with E-state index in [9.17, 15) is 0 Å². The second-order valence-electron chi connectivity index (χ2n) is 9.08. The average molecular weight is 456 g/mol. The molecule has 2 aliphatic rings. The minimum absolute atomic E-state index is 0.201. The van der Waals surface area contributed by atoms with Crippen LogP contribution >= 0.6 is 0 Å². The number of nitrogens with zero attached hydrogens (tertiary/aromatic N) is 4. The van der Waals surface area contributed by atoms with Gasteiger partial charge in [-0.2, -0.15) is 4.98 Å². The molecule has 1 aromatic carbocycles. The van der Waals surface area contributed by atoms with Gasteiger partial charge >= 0.3 is 0 Å². The van der Waals surface area contributed by atoms with Crippen molar-refractivity contribution in [2.75, 3.05) is 31.8 Å². The van der Waals surface area contributed by atoms with E-state index in [1.165, 1.54) is 13.2 Å². The Balaban J connectivity index is 1.56. The van der Waals surface area contributed by atoms with Crippen LogP contribution in [0.3, 0.4) is 0 Å². The van der Waals surface area contributed by atoms with Crippen LogP contribution in [0.4, 0.5) is 10.2 Å². The van der Waals surface area contributed by atoms with Gasteiger partial charge < -0.3 is 24.2 Å². The SMILES string of the molecule is COc1cc(F)c2nc(N3CCC(N[C@@H]4CCOC4)CC3C)c(-c3nc(C)no3)c(C)c2c1. The monoisotopic (exact) mass is 455 g/mol. The number of benzene rings is 1. The molecule has 2 fully saturated rings. The quantitative estimate of drug-likeness (QED) is 0.622. The smallest absolute Gasteiger partial charge is 0.261 e. The number of hydrogen-bond donors (Lipinski definition) is 1. The highest BCUT2D eigenvalue weighted by Crippen LogP contribution is 2.40. The number of aromatic nitrogens is 3. The molecule has 4 heterocycles. The molecule has 3 aromatic rings. The van der Waals surface area contributed by atoms with Crippen LogP contribution in [0, 0.1) is 19.7 Å². The van der Waals surface area contributed by atoms with Crippen molar-refractivity contribution in [1.82, 2.24) is 20.4 Å². The van der Waals surface area contributed by atoms with E-state index in [0.717, 1.165) is 50.1 Å². The lowest BCUT2D eigenvalue weighted by Gasteiger charge is -2.40. The van der Waals surface area contributed by atoms with E-state index >= 15 is 4.39 Å². The summed E-state index contributed by atoms with van der Waals surface area (Å²) >= 11 is 0. The Morgan fingerprint density at radius 3 is 2.70 bits per heavy atom. The Bertz CT molecular complexity index is 1160. The summed E-state index contributed by atoms with van der Waals surface area (Å²) in [6, 6.07) is 4.22. The first-order valence-corrected chi connectivity index (χ1v) is 11.5. The van der Waals surface area contributed by atoms with Gasteiger partial charge in [-0.05, 0) is 51.7 Å². The first-order valence-electron chi connectivity index (χ1n) is 11.5. The molecule has 1 N–H and O–H groups in total. The van der Waals surface area contributed by atoms with Gasteiger partial charge in [0.1, 0.15) is 17.1 Å². The van der Waals surface area contributed by atoms with Crippen molar-refractivity contribution < 1.29 is 18.4 Å². The molecule has 2 unspecified atom stereocenters. The van der Waals surface area contributed by atoms with Crippen LogP contribution in [0.1, 0.15) is 37.6 Å². The highest BCUT2D eigenvalue weighted by Gasteiger charge is 2.32. The molecule has 2 aromatic heterocycles. The summed E-state index contributed by atoms with van der Waals surface area (Å²) < 4.78 is 31.4. The van der Waals surface area contributed by atoms with Crippen LogP contribution < -0.4 is 15.0 Å². The molecule has 0 radical (unpaired) electrons. The van der Waals surface area contributed by atoms with Crippen molar-refractivity contribution >= 4 is 16.7 Å². The molecule has 3 atom stereocenters. The van der Waals surface area contributed by atoms with Crippen molar-refractivity contribution in [2.45, 2.75) is 58.2 Å². The molecule has 0 aliphatic carbocycles. The van der Waals surface area contributed by atoms with Gasteiger partial charge in [0.05, 0.1) is 19.3 Å². The predicted octanol–water partition coefficient (Wildman–Crippen LogP) is 3.79. The maximum Gasteiger partial charge on any atom is 0.261 e. The molecule has 2 saturated heterocycles. The Morgan fingerprint density at radius 2 is 2.03 bits per heavy atom. The first-order chi connectivity index (χ1) is 15.9. The Kier molecular flexibility index (Phi) is 5.92. The zero-order chi connectivity index (χ0) is 23.1. The number of ether oxygens (including phenoxy) is 2. The number of fused-ring (bicyclic) bond motifs is 1. The zero-order valence-electron chi connectivity index (χ0n) is 19.5. The molecule has 0 saturated carbocycles. The second-order valence-corrected chi connectivity index (χ2v) is 9.08. The molecule has 9 heteroatoms. The first kappa shape index (κ1) is 22.0. The molecular weight excluding hydrogens is 425 g/mol. The topological polar surface area (TPSA) is 85.5 Å². The van der Waals surface area contributed by atoms with Gasteiger partial charge in [-0.1, -0.05) is 5.16 Å². The van der Waals surface area contributed by atoms with Gasteiger partial charge in [0.15, 0.2) is 11.6 Å². The summed E-state index contributed by atoms with van der Waals surface area (Å²) in [7, 11) is 1.53. The Hall–Kier alpha value is -2.78. The average Bonchev–Trinajstić information content (AvgIpc) is 3.46. The van der Waals surface area contributed by atoms with E-state index in [-0.39, 0.29) is 6.04 Å². The number of methoxy groups -OCH3 is 1. The van der Waals surface area contributed by atoms with E-state index in [2.05, 4.69) is 27.3 Å². The predicted molar refractivity (Wildman–Crippen MR) is 123 cm³/mol. The normalized spacial score (nSPS) is 23.4. The summed E-state index contributed by atoms with van der Waals surface area (Å²) in [4.78, 5) is 11.6. The molecule has 0 amide bonds. The van der Waals surface area contributed by atoms with Crippen LogP contribution in [0.2, 0.25) is 0 Å². The minimum Gasteiger partial charge on any atom is -0.497 e. The third-order valence-corrected chi connectivity index (χ3v) is 6.78. The number of rotatable bonds is 5. The van der Waals surface area contributed by atoms with E-state index in [0.29, 0.717) is 46.3 Å². The molecule has 8 nitrogen and oxygen atoms in total. The fourth-order valence-corrected chi connectivity index (χ4v) is 5.06. The van der Waals surface area contributed by atoms with Crippen molar-refractivity contribution in [3.63, 3.8) is 0 Å². The number of anilines is 1. The van der Waals surface area contributed by atoms with Gasteiger partial charge in [-0.3, -0.25) is 0 Å². The van der Waals surface area contributed by atoms with Crippen LogP contribution in [-0.2, 0) is 4.74 Å². The van der Waals surface area contributed by atoms with Gasteiger partial charge in [-0.25, -0.2) is 9.37 Å². The minimum atomic E-state index is -0.410. The van der Waals surface area contributed by atoms with Crippen molar-refractivity contribution in [2.24, 2.45) is 0 Å². The maximum absolute atomic E-state index is 15.1. The highest BCUT2D eigenvalue weighted by molar-refractivity contribution is 5.93. The molecule has 5 rings (SSSR count). The van der Waals surface area contributed by atoms with Gasteiger partial charge in [0.2, 0.25) is 0 Å². The fourth-order valence-electron chi connectivity index (χ4n) is 5.06. The van der Waals surface area contributed by atoms with E-state index in [1.807, 2.05) is 6.92 Å². The lowest BCUT2D eigenvalue weighted by atomic mass is 9.95. The van der Waals surface area contributed by atoms with Crippen LogP contribution in [0.5, 0.6) is 5.75 Å². The standard InChI is InChI=1S/C24H30FN5O3/c1-13-9-16(27-17-6-8-32-12-17)5-7-30(13)23-21(24-26-15(3)29-33-24)14(2)19-10-18(31-4)11-20(25)22(19)28-23/h10-11,13,16-17,27H,5-9,12H2,1-4H3/t13?,16?,17-/m1/s1. The fraction of sp³-hybridized carbons (Fsp3) is 0.542. The van der Waals surface area contributed by atoms with Crippen molar-refractivity contribution in [1.29, 1.82) is 0 Å². The summed E-state index contributed by atoms with van der Waals surface area (Å²) in [6.07, 6.45) is 2.99. The molecule has 33 heavy (non-hydrogen) atoms. The lowest BCUT2D eigenvalue weighted by Crippen LogP contribution is -2.50. The maximum atomic E-state index is 15.1. The summed E-state index contributed by atoms with van der Waals surface area (Å²) in [6.45, 7) is 8.32. The van der Waals surface area contributed by atoms with Crippen LogP contribution in [0.15, 0.2) is 16.7 Å². The lowest BCUT2D eigenvalue weighted by molar-refractivity contribution is 0.185. The molecule has 0 spiro atoms. The summed E-state index contributed by atoms with van der Waals surface area (Å²) in [5.74, 6) is 1.66. The van der Waals surface area contributed by atoms with Crippen molar-refractivity contribution in [3.8, 4) is 17.2 Å². The third kappa shape index (κ3) is 4.15. The number of nitrogens with one attached hydrogen (secondary N) is 1. The van der Waals surface area contributed by atoms with Gasteiger partial charge in [0.25, 0.3) is 5.89 Å². The number of aryl methyl sites for hydroxylation is 2. The molecular formula is C24H30FN5O3. The zero-order valence-corrected chi connectivity index (χ0v) is 19.5. The van der Waals surface area contributed by atoms with Crippen LogP contribution in [0.25, 0.3) is 22.4 Å². The third-order valence-electron chi connectivity index (χ3n) is 6.78. The van der Waals surface area contributed by atoms with Gasteiger partial charge in [0, 0.05) is 42.7 Å². The summed E-state index contributed by atoms with van der Waals surface area (Å²) in [5, 5.41) is 8.41. The molecule has 0 bridgehead atoms. The molecule has 176 valence electrons. The van der Waals surface area contributed by atoms with E-state index < -0.39 is 5.82 Å². The Labute approximate surface area is 192 Å². The number of halogens is 1. The van der Waals surface area contributed by atoms with Crippen LogP contribution in [-0.4, -0.2) is 60.1 Å². The number of piperidine rings is 1. The largest absolute Gasteiger partial charge is 0.497 e. The Morgan fingerprint density at radius 1 is 1.18 bits per heavy atom.